The van der Waals surface area contributed by atoms with E-state index in [0.29, 0.717) is 6.54 Å². The van der Waals surface area contributed by atoms with Gasteiger partial charge in [0.1, 0.15) is 0 Å². The summed E-state index contributed by atoms with van der Waals surface area (Å²) in [7, 11) is 0. The zero-order valence-corrected chi connectivity index (χ0v) is 16.6. The topological polar surface area (TPSA) is 32.8 Å². The standard InChI is InChI=1S/C23H30N2O2/c1-18-9-10-22(19(2)15-18)23(26)25(17-21-7-5-4-6-8-21)20(3)16-24-11-13-27-14-12-24/h4-10,15,20H,11-14,16-17H2,1-3H3. The molecule has 3 rings (SSSR count). The molecule has 27 heavy (non-hydrogen) atoms. The Kier molecular flexibility index (Phi) is 6.64. The summed E-state index contributed by atoms with van der Waals surface area (Å²) < 4.78 is 5.46. The van der Waals surface area contributed by atoms with E-state index in [1.54, 1.807) is 0 Å². The van der Waals surface area contributed by atoms with Gasteiger partial charge in [-0.1, -0.05) is 48.0 Å². The van der Waals surface area contributed by atoms with Gasteiger partial charge in [0, 0.05) is 37.8 Å². The van der Waals surface area contributed by atoms with Gasteiger partial charge in [0.2, 0.25) is 0 Å². The molecule has 0 radical (unpaired) electrons. The number of hydrogen-bond donors (Lipinski definition) is 0. The maximum absolute atomic E-state index is 13.4. The summed E-state index contributed by atoms with van der Waals surface area (Å²) in [6.07, 6.45) is 0. The molecule has 144 valence electrons. The summed E-state index contributed by atoms with van der Waals surface area (Å²) in [4.78, 5) is 17.9. The van der Waals surface area contributed by atoms with Gasteiger partial charge in [-0.2, -0.15) is 0 Å². The summed E-state index contributed by atoms with van der Waals surface area (Å²) in [5.74, 6) is 0.108. The fourth-order valence-corrected chi connectivity index (χ4v) is 3.67. The van der Waals surface area contributed by atoms with Crippen LogP contribution in [0.3, 0.4) is 0 Å². The van der Waals surface area contributed by atoms with E-state index in [1.807, 2.05) is 42.2 Å². The first-order chi connectivity index (χ1) is 13.0. The highest BCUT2D eigenvalue weighted by molar-refractivity contribution is 5.95. The van der Waals surface area contributed by atoms with Crippen molar-refractivity contribution < 1.29 is 9.53 Å². The molecule has 1 heterocycles. The fraction of sp³-hybridized carbons (Fsp3) is 0.435. The van der Waals surface area contributed by atoms with E-state index in [1.165, 1.54) is 5.56 Å². The van der Waals surface area contributed by atoms with E-state index < -0.39 is 0 Å². The lowest BCUT2D eigenvalue weighted by Gasteiger charge is -2.35. The van der Waals surface area contributed by atoms with Gasteiger partial charge in [0.25, 0.3) is 5.91 Å². The van der Waals surface area contributed by atoms with Crippen LogP contribution in [0.5, 0.6) is 0 Å². The third-order valence-electron chi connectivity index (χ3n) is 5.23. The number of aryl methyl sites for hydroxylation is 2. The molecule has 2 aromatic rings. The van der Waals surface area contributed by atoms with Crippen LogP contribution in [0.4, 0.5) is 0 Å². The van der Waals surface area contributed by atoms with Gasteiger partial charge < -0.3 is 9.64 Å². The molecule has 1 aliphatic heterocycles. The molecule has 1 unspecified atom stereocenters. The zero-order chi connectivity index (χ0) is 19.2. The monoisotopic (exact) mass is 366 g/mol. The molecule has 4 heteroatoms. The maximum atomic E-state index is 13.4. The second-order valence-corrected chi connectivity index (χ2v) is 7.50. The van der Waals surface area contributed by atoms with E-state index in [0.717, 1.165) is 49.5 Å². The summed E-state index contributed by atoms with van der Waals surface area (Å²) in [6.45, 7) is 11.1. The Hall–Kier alpha value is -2.17. The number of amides is 1. The second-order valence-electron chi connectivity index (χ2n) is 7.50. The molecule has 0 N–H and O–H groups in total. The first-order valence-electron chi connectivity index (χ1n) is 9.77. The molecule has 1 atom stereocenters. The highest BCUT2D eigenvalue weighted by Gasteiger charge is 2.25. The summed E-state index contributed by atoms with van der Waals surface area (Å²) >= 11 is 0. The van der Waals surface area contributed by atoms with Crippen molar-refractivity contribution in [2.75, 3.05) is 32.8 Å². The third-order valence-corrected chi connectivity index (χ3v) is 5.23. The Morgan fingerprint density at radius 3 is 2.48 bits per heavy atom. The Labute approximate surface area is 162 Å². The molecule has 4 nitrogen and oxygen atoms in total. The van der Waals surface area contributed by atoms with Gasteiger partial charge in [-0.3, -0.25) is 9.69 Å². The van der Waals surface area contributed by atoms with E-state index in [-0.39, 0.29) is 11.9 Å². The highest BCUT2D eigenvalue weighted by Crippen LogP contribution is 2.18. The number of benzene rings is 2. The summed E-state index contributed by atoms with van der Waals surface area (Å²) in [5.41, 5.74) is 4.17. The van der Waals surface area contributed by atoms with Crippen LogP contribution in [0, 0.1) is 13.8 Å². The van der Waals surface area contributed by atoms with Gasteiger partial charge in [-0.15, -0.1) is 0 Å². The van der Waals surface area contributed by atoms with Crippen LogP contribution in [-0.2, 0) is 11.3 Å². The first kappa shape index (κ1) is 19.6. The Morgan fingerprint density at radius 1 is 1.11 bits per heavy atom. The van der Waals surface area contributed by atoms with Crippen molar-refractivity contribution in [3.8, 4) is 0 Å². The van der Waals surface area contributed by atoms with Crippen molar-refractivity contribution in [2.24, 2.45) is 0 Å². The highest BCUT2D eigenvalue weighted by atomic mass is 16.5. The predicted molar refractivity (Wildman–Crippen MR) is 109 cm³/mol. The largest absolute Gasteiger partial charge is 0.379 e. The quantitative estimate of drug-likeness (QED) is 0.782. The molecule has 0 saturated carbocycles. The number of carbonyl (C=O) groups excluding carboxylic acids is 1. The van der Waals surface area contributed by atoms with Crippen LogP contribution in [0.15, 0.2) is 48.5 Å². The molecular weight excluding hydrogens is 336 g/mol. The van der Waals surface area contributed by atoms with Gasteiger partial charge in [0.05, 0.1) is 13.2 Å². The smallest absolute Gasteiger partial charge is 0.254 e. The lowest BCUT2D eigenvalue weighted by molar-refractivity contribution is 0.0228. The minimum atomic E-state index is 0.108. The third kappa shape index (κ3) is 5.18. The molecule has 0 spiro atoms. The second kappa shape index (κ2) is 9.16. The predicted octanol–water partition coefficient (Wildman–Crippen LogP) is 3.67. The normalized spacial score (nSPS) is 16.1. The van der Waals surface area contributed by atoms with E-state index in [9.17, 15) is 4.79 Å². The lowest BCUT2D eigenvalue weighted by atomic mass is 10.0. The SMILES string of the molecule is Cc1ccc(C(=O)N(Cc2ccccc2)C(C)CN2CCOCC2)c(C)c1. The summed E-state index contributed by atoms with van der Waals surface area (Å²) in [5, 5.41) is 0. The number of carbonyl (C=O) groups is 1. The van der Waals surface area contributed by atoms with Gasteiger partial charge in [0.15, 0.2) is 0 Å². The Bertz CT molecular complexity index is 754. The van der Waals surface area contributed by atoms with E-state index >= 15 is 0 Å². The van der Waals surface area contributed by atoms with Crippen LogP contribution in [0.2, 0.25) is 0 Å². The molecule has 1 amide bonds. The fourth-order valence-electron chi connectivity index (χ4n) is 3.67. The van der Waals surface area contributed by atoms with Crippen LogP contribution in [0.25, 0.3) is 0 Å². The number of ether oxygens (including phenoxy) is 1. The maximum Gasteiger partial charge on any atom is 0.254 e. The Balaban J connectivity index is 1.82. The minimum Gasteiger partial charge on any atom is -0.379 e. The molecule has 1 saturated heterocycles. The first-order valence-corrected chi connectivity index (χ1v) is 9.77. The number of nitrogens with zero attached hydrogens (tertiary/aromatic N) is 2. The van der Waals surface area contributed by atoms with E-state index in [4.69, 9.17) is 4.74 Å². The summed E-state index contributed by atoms with van der Waals surface area (Å²) in [6, 6.07) is 16.4. The van der Waals surface area contributed by atoms with Crippen molar-refractivity contribution in [1.29, 1.82) is 0 Å². The van der Waals surface area contributed by atoms with Gasteiger partial charge in [-0.05, 0) is 38.0 Å². The van der Waals surface area contributed by atoms with Crippen molar-refractivity contribution >= 4 is 5.91 Å². The number of hydrogen-bond acceptors (Lipinski definition) is 3. The molecule has 1 aliphatic rings. The van der Waals surface area contributed by atoms with Crippen LogP contribution in [0.1, 0.15) is 34.0 Å². The number of rotatable bonds is 6. The van der Waals surface area contributed by atoms with Crippen LogP contribution in [-0.4, -0.2) is 54.6 Å². The Morgan fingerprint density at radius 2 is 1.81 bits per heavy atom. The van der Waals surface area contributed by atoms with Crippen LogP contribution < -0.4 is 0 Å². The van der Waals surface area contributed by atoms with Crippen molar-refractivity contribution in [3.05, 3.63) is 70.8 Å². The van der Waals surface area contributed by atoms with Gasteiger partial charge in [-0.25, -0.2) is 0 Å². The van der Waals surface area contributed by atoms with Crippen molar-refractivity contribution in [3.63, 3.8) is 0 Å². The van der Waals surface area contributed by atoms with Gasteiger partial charge >= 0.3 is 0 Å². The number of morpholine rings is 1. The zero-order valence-electron chi connectivity index (χ0n) is 16.6. The molecular formula is C23H30N2O2. The van der Waals surface area contributed by atoms with Crippen molar-refractivity contribution in [1.82, 2.24) is 9.80 Å². The molecule has 0 bridgehead atoms. The molecule has 0 aromatic heterocycles. The average Bonchev–Trinajstić information content (AvgIpc) is 2.67. The average molecular weight is 367 g/mol. The molecule has 2 aromatic carbocycles. The lowest BCUT2D eigenvalue weighted by Crippen LogP contribution is -2.48. The van der Waals surface area contributed by atoms with E-state index in [2.05, 4.69) is 36.9 Å². The molecule has 1 fully saturated rings. The minimum absolute atomic E-state index is 0.108. The van der Waals surface area contributed by atoms with Crippen LogP contribution >= 0.6 is 0 Å². The van der Waals surface area contributed by atoms with Crippen molar-refractivity contribution in [2.45, 2.75) is 33.4 Å². The molecule has 0 aliphatic carbocycles.